The smallest absolute Gasteiger partial charge is 0.252 e. The average molecular weight is 279 g/mol. The molecule has 2 aromatic rings. The van der Waals surface area contributed by atoms with Crippen molar-refractivity contribution in [3.8, 4) is 0 Å². The summed E-state index contributed by atoms with van der Waals surface area (Å²) in [5, 5.41) is 0. The molecule has 0 aliphatic carbocycles. The zero-order chi connectivity index (χ0) is 14.0. The van der Waals surface area contributed by atoms with E-state index in [0.29, 0.717) is 0 Å². The van der Waals surface area contributed by atoms with Gasteiger partial charge in [-0.2, -0.15) is 0 Å². The molecule has 0 amide bonds. The maximum atomic E-state index is 12.1. The molecule has 0 saturated carbocycles. The lowest BCUT2D eigenvalue weighted by Crippen LogP contribution is -2.15. The van der Waals surface area contributed by atoms with Gasteiger partial charge in [0.15, 0.2) is 9.84 Å². The molecule has 0 radical (unpaired) electrons. The van der Waals surface area contributed by atoms with E-state index in [-0.39, 0.29) is 22.3 Å². The highest BCUT2D eigenvalue weighted by Gasteiger charge is 2.16. The molecule has 7 heteroatoms. The topological polar surface area (TPSA) is 106 Å². The van der Waals surface area contributed by atoms with Crippen LogP contribution in [0.3, 0.4) is 0 Å². The van der Waals surface area contributed by atoms with Crippen LogP contribution in [0, 0.1) is 6.92 Å². The van der Waals surface area contributed by atoms with Gasteiger partial charge in [-0.1, -0.05) is 17.7 Å². The molecule has 0 aliphatic heterocycles. The van der Waals surface area contributed by atoms with Crippen molar-refractivity contribution in [3.63, 3.8) is 0 Å². The van der Waals surface area contributed by atoms with E-state index in [1.807, 2.05) is 6.92 Å². The zero-order valence-electron chi connectivity index (χ0n) is 10.3. The van der Waals surface area contributed by atoms with Crippen LogP contribution >= 0.6 is 0 Å². The van der Waals surface area contributed by atoms with Crippen LogP contribution in [0.25, 0.3) is 0 Å². The lowest BCUT2D eigenvalue weighted by molar-refractivity contribution is 0.594. The predicted molar refractivity (Wildman–Crippen MR) is 71.3 cm³/mol. The second-order valence-electron chi connectivity index (χ2n) is 4.19. The van der Waals surface area contributed by atoms with E-state index < -0.39 is 15.4 Å². The molecule has 0 atom stereocenters. The minimum Gasteiger partial charge on any atom is -0.369 e. The summed E-state index contributed by atoms with van der Waals surface area (Å²) in [5.41, 5.74) is 6.00. The number of H-pyrrole nitrogens is 1. The number of hydrogen-bond donors (Lipinski definition) is 2. The van der Waals surface area contributed by atoms with Gasteiger partial charge in [0.05, 0.1) is 16.3 Å². The molecule has 0 unspecified atom stereocenters. The van der Waals surface area contributed by atoms with Crippen LogP contribution in [0.4, 0.5) is 5.95 Å². The summed E-state index contributed by atoms with van der Waals surface area (Å²) in [7, 11) is -3.53. The van der Waals surface area contributed by atoms with Gasteiger partial charge in [-0.15, -0.1) is 0 Å². The van der Waals surface area contributed by atoms with E-state index >= 15 is 0 Å². The largest absolute Gasteiger partial charge is 0.369 e. The summed E-state index contributed by atoms with van der Waals surface area (Å²) >= 11 is 0. The van der Waals surface area contributed by atoms with Crippen LogP contribution in [0.15, 0.2) is 40.0 Å². The van der Waals surface area contributed by atoms with Gasteiger partial charge in [0.25, 0.3) is 5.56 Å². The molecule has 100 valence electrons. The third kappa shape index (κ3) is 3.19. The van der Waals surface area contributed by atoms with Crippen molar-refractivity contribution < 1.29 is 8.42 Å². The van der Waals surface area contributed by atoms with E-state index in [0.717, 1.165) is 11.6 Å². The summed E-state index contributed by atoms with van der Waals surface area (Å²) in [4.78, 5) is 17.5. The predicted octanol–water partition coefficient (Wildman–Crippen LogP) is 0.634. The Balaban J connectivity index is 2.36. The Morgan fingerprint density at radius 1 is 1.26 bits per heavy atom. The first-order valence-electron chi connectivity index (χ1n) is 5.52. The van der Waals surface area contributed by atoms with Crippen molar-refractivity contribution in [1.82, 2.24) is 9.97 Å². The van der Waals surface area contributed by atoms with E-state index in [1.54, 1.807) is 12.1 Å². The molecule has 0 bridgehead atoms. The number of nitrogens with one attached hydrogen (secondary N) is 1. The molecular formula is C12H13N3O3S. The van der Waals surface area contributed by atoms with E-state index in [2.05, 4.69) is 9.97 Å². The Morgan fingerprint density at radius 2 is 1.89 bits per heavy atom. The Hall–Kier alpha value is -2.15. The van der Waals surface area contributed by atoms with Gasteiger partial charge in [-0.25, -0.2) is 13.4 Å². The fourth-order valence-corrected chi connectivity index (χ4v) is 2.88. The van der Waals surface area contributed by atoms with Crippen LogP contribution in [0.5, 0.6) is 0 Å². The molecule has 1 aromatic carbocycles. The first-order valence-corrected chi connectivity index (χ1v) is 7.17. The molecule has 0 spiro atoms. The number of hydrogen-bond acceptors (Lipinski definition) is 5. The lowest BCUT2D eigenvalue weighted by atomic mass is 10.2. The van der Waals surface area contributed by atoms with Gasteiger partial charge < -0.3 is 5.73 Å². The number of nitrogens with zero attached hydrogens (tertiary/aromatic N) is 1. The third-order valence-corrected chi connectivity index (χ3v) is 4.20. The fraction of sp³-hybridized carbons (Fsp3) is 0.167. The number of sulfone groups is 1. The van der Waals surface area contributed by atoms with Gasteiger partial charge in [0, 0.05) is 6.07 Å². The molecule has 2 rings (SSSR count). The van der Waals surface area contributed by atoms with Gasteiger partial charge >= 0.3 is 0 Å². The minimum absolute atomic E-state index is 0.0957. The van der Waals surface area contributed by atoms with E-state index in [1.165, 1.54) is 12.1 Å². The van der Waals surface area contributed by atoms with E-state index in [4.69, 9.17) is 5.73 Å². The Bertz CT molecular complexity index is 749. The van der Waals surface area contributed by atoms with Gasteiger partial charge in [0.2, 0.25) is 5.95 Å². The SMILES string of the molecule is Cc1ccc(S(=O)(=O)Cc2cc(=O)[nH]c(N)n2)cc1. The number of anilines is 1. The molecule has 1 aromatic heterocycles. The Kier molecular flexibility index (Phi) is 3.39. The van der Waals surface area contributed by atoms with Gasteiger partial charge in [0.1, 0.15) is 0 Å². The first kappa shape index (κ1) is 13.3. The van der Waals surface area contributed by atoms with Crippen LogP contribution < -0.4 is 11.3 Å². The molecular weight excluding hydrogens is 266 g/mol. The summed E-state index contributed by atoms with van der Waals surface area (Å²) in [6.07, 6.45) is 0. The maximum Gasteiger partial charge on any atom is 0.252 e. The highest BCUT2D eigenvalue weighted by molar-refractivity contribution is 7.90. The minimum atomic E-state index is -3.53. The van der Waals surface area contributed by atoms with Crippen molar-refractivity contribution >= 4 is 15.8 Å². The number of aromatic amines is 1. The third-order valence-electron chi connectivity index (χ3n) is 2.53. The highest BCUT2D eigenvalue weighted by atomic mass is 32.2. The number of nitrogens with two attached hydrogens (primary N) is 1. The number of benzene rings is 1. The normalized spacial score (nSPS) is 11.4. The number of aromatic nitrogens is 2. The van der Waals surface area contributed by atoms with Crippen molar-refractivity contribution in [2.45, 2.75) is 17.6 Å². The van der Waals surface area contributed by atoms with Crippen molar-refractivity contribution in [1.29, 1.82) is 0 Å². The molecule has 19 heavy (non-hydrogen) atoms. The summed E-state index contributed by atoms with van der Waals surface area (Å²) in [6, 6.07) is 7.61. The van der Waals surface area contributed by atoms with Gasteiger partial charge in [-0.05, 0) is 19.1 Å². The maximum absolute atomic E-state index is 12.1. The zero-order valence-corrected chi connectivity index (χ0v) is 11.1. The Labute approximate surface area is 110 Å². The second-order valence-corrected chi connectivity index (χ2v) is 6.18. The molecule has 6 nitrogen and oxygen atoms in total. The monoisotopic (exact) mass is 279 g/mol. The van der Waals surface area contributed by atoms with Crippen LogP contribution in [-0.2, 0) is 15.6 Å². The molecule has 0 saturated heterocycles. The van der Waals surface area contributed by atoms with Crippen LogP contribution in [-0.4, -0.2) is 18.4 Å². The lowest BCUT2D eigenvalue weighted by Gasteiger charge is -2.04. The summed E-state index contributed by atoms with van der Waals surface area (Å²) in [5.74, 6) is -0.453. The fourth-order valence-electron chi connectivity index (χ4n) is 1.63. The van der Waals surface area contributed by atoms with Crippen molar-refractivity contribution in [3.05, 3.63) is 51.9 Å². The second kappa shape index (κ2) is 4.85. The molecule has 1 heterocycles. The van der Waals surface area contributed by atoms with Gasteiger partial charge in [-0.3, -0.25) is 9.78 Å². The molecule has 3 N–H and O–H groups in total. The summed E-state index contributed by atoms with van der Waals surface area (Å²) in [6.45, 7) is 1.87. The number of nitrogen functional groups attached to an aromatic ring is 1. The summed E-state index contributed by atoms with van der Waals surface area (Å²) < 4.78 is 24.3. The van der Waals surface area contributed by atoms with Crippen molar-refractivity contribution in [2.24, 2.45) is 0 Å². The number of rotatable bonds is 3. The highest BCUT2D eigenvalue weighted by Crippen LogP contribution is 2.15. The first-order chi connectivity index (χ1) is 8.87. The average Bonchev–Trinajstić information content (AvgIpc) is 2.27. The van der Waals surface area contributed by atoms with E-state index in [9.17, 15) is 13.2 Å². The van der Waals surface area contributed by atoms with Crippen LogP contribution in [0.1, 0.15) is 11.3 Å². The standard InChI is InChI=1S/C12H13N3O3S/c1-8-2-4-10(5-3-8)19(17,18)7-9-6-11(16)15-12(13)14-9/h2-6H,7H2,1H3,(H3,13,14,15,16). The Morgan fingerprint density at radius 3 is 2.47 bits per heavy atom. The van der Waals surface area contributed by atoms with Crippen LogP contribution in [0.2, 0.25) is 0 Å². The molecule has 0 fully saturated rings. The number of aryl methyl sites for hydroxylation is 1. The quantitative estimate of drug-likeness (QED) is 0.857. The van der Waals surface area contributed by atoms with Crippen molar-refractivity contribution in [2.75, 3.05) is 5.73 Å². The molecule has 0 aliphatic rings.